The minimum Gasteiger partial charge on any atom is -0.478 e. The standard InChI is InChI=1S/C29H23ClN2O6S/c1-15(2)37-28(36)24-16(3)31-29-32(25(24)18-8-10-20(30)11-9-18)26(33)23(39-29)14-21-12-13-22(38-21)17-4-6-19(7-5-17)27(34)35/h4-15,25H,1-3H3,(H,34,35)/b23-14-/t25-/m0/s1. The normalized spacial score (nSPS) is 15.3. The van der Waals surface area contributed by atoms with Crippen molar-refractivity contribution in [2.24, 2.45) is 4.99 Å². The molecule has 198 valence electrons. The molecule has 2 aromatic carbocycles. The molecule has 0 fully saturated rings. The van der Waals surface area contributed by atoms with E-state index < -0.39 is 18.0 Å². The fourth-order valence-corrected chi connectivity index (χ4v) is 5.47. The van der Waals surface area contributed by atoms with Gasteiger partial charge in [0, 0.05) is 16.7 Å². The molecule has 0 amide bonds. The van der Waals surface area contributed by atoms with Gasteiger partial charge in [0.25, 0.3) is 5.56 Å². The van der Waals surface area contributed by atoms with Gasteiger partial charge in [0.15, 0.2) is 4.80 Å². The third-order valence-corrected chi connectivity index (χ3v) is 7.32. The number of nitrogens with zero attached hydrogens (tertiary/aromatic N) is 2. The number of aromatic carboxylic acids is 1. The number of carbonyl (C=O) groups is 2. The number of benzene rings is 2. The van der Waals surface area contributed by atoms with E-state index in [0.717, 1.165) is 0 Å². The van der Waals surface area contributed by atoms with Crippen LogP contribution in [0.2, 0.25) is 5.02 Å². The van der Waals surface area contributed by atoms with Gasteiger partial charge in [-0.2, -0.15) is 0 Å². The molecule has 1 N–H and O–H groups in total. The first-order chi connectivity index (χ1) is 18.6. The van der Waals surface area contributed by atoms with Crippen LogP contribution in [0.3, 0.4) is 0 Å². The zero-order chi connectivity index (χ0) is 27.8. The van der Waals surface area contributed by atoms with Crippen LogP contribution >= 0.6 is 22.9 Å². The fraction of sp³-hybridized carbons (Fsp3) is 0.172. The maximum atomic E-state index is 13.7. The van der Waals surface area contributed by atoms with Gasteiger partial charge in [-0.15, -0.1) is 0 Å². The average molecular weight is 563 g/mol. The molecule has 0 saturated heterocycles. The number of aromatic nitrogens is 1. The van der Waals surface area contributed by atoms with Gasteiger partial charge in [0.05, 0.1) is 33.5 Å². The van der Waals surface area contributed by atoms with E-state index in [1.807, 2.05) is 0 Å². The monoisotopic (exact) mass is 562 g/mol. The molecule has 1 aliphatic rings. The van der Waals surface area contributed by atoms with E-state index in [1.54, 1.807) is 75.4 Å². The Hall–Kier alpha value is -4.21. The number of hydrogen-bond donors (Lipinski definition) is 1. The second-order valence-electron chi connectivity index (χ2n) is 9.17. The molecule has 0 spiro atoms. The van der Waals surface area contributed by atoms with Crippen molar-refractivity contribution in [3.8, 4) is 11.3 Å². The number of furan rings is 1. The summed E-state index contributed by atoms with van der Waals surface area (Å²) in [5.74, 6) is -0.578. The number of allylic oxidation sites excluding steroid dienone is 1. The topological polar surface area (TPSA) is 111 Å². The largest absolute Gasteiger partial charge is 0.478 e. The number of ether oxygens (including phenoxy) is 1. The maximum Gasteiger partial charge on any atom is 0.338 e. The number of carboxylic acids is 1. The van der Waals surface area contributed by atoms with Crippen LogP contribution in [0.5, 0.6) is 0 Å². The van der Waals surface area contributed by atoms with Crippen LogP contribution < -0.4 is 14.9 Å². The Balaban J connectivity index is 1.59. The Morgan fingerprint density at radius 3 is 2.44 bits per heavy atom. The van der Waals surface area contributed by atoms with Crippen molar-refractivity contribution in [2.75, 3.05) is 0 Å². The van der Waals surface area contributed by atoms with Gasteiger partial charge < -0.3 is 14.3 Å². The number of hydrogen-bond acceptors (Lipinski definition) is 7. The molecule has 1 aliphatic heterocycles. The Labute approximate surface area is 231 Å². The molecule has 3 heterocycles. The Kier molecular flexibility index (Phi) is 7.12. The summed E-state index contributed by atoms with van der Waals surface area (Å²) in [7, 11) is 0. The van der Waals surface area contributed by atoms with Gasteiger partial charge in [-0.1, -0.05) is 47.2 Å². The van der Waals surface area contributed by atoms with Crippen molar-refractivity contribution in [3.05, 3.63) is 114 Å². The molecule has 0 radical (unpaired) electrons. The number of esters is 1. The van der Waals surface area contributed by atoms with Gasteiger partial charge in [0.2, 0.25) is 0 Å². The second kappa shape index (κ2) is 10.5. The Morgan fingerprint density at radius 1 is 1.10 bits per heavy atom. The van der Waals surface area contributed by atoms with E-state index >= 15 is 0 Å². The second-order valence-corrected chi connectivity index (χ2v) is 10.6. The van der Waals surface area contributed by atoms with E-state index in [2.05, 4.69) is 4.99 Å². The molecule has 8 nitrogen and oxygen atoms in total. The van der Waals surface area contributed by atoms with E-state index in [4.69, 9.17) is 25.9 Å². The van der Waals surface area contributed by atoms with E-state index in [-0.39, 0.29) is 22.8 Å². The predicted molar refractivity (Wildman–Crippen MR) is 148 cm³/mol. The summed E-state index contributed by atoms with van der Waals surface area (Å²) >= 11 is 7.30. The van der Waals surface area contributed by atoms with Crippen molar-refractivity contribution in [2.45, 2.75) is 32.9 Å². The van der Waals surface area contributed by atoms with Gasteiger partial charge in [-0.05, 0) is 62.7 Å². The molecule has 1 atom stereocenters. The Morgan fingerprint density at radius 2 is 1.79 bits per heavy atom. The highest BCUT2D eigenvalue weighted by Gasteiger charge is 2.33. The predicted octanol–water partition coefficient (Wildman–Crippen LogP) is 4.80. The van der Waals surface area contributed by atoms with Crippen molar-refractivity contribution >= 4 is 41.0 Å². The number of rotatable bonds is 6. The summed E-state index contributed by atoms with van der Waals surface area (Å²) in [6.07, 6.45) is 1.28. The number of carbonyl (C=O) groups excluding carboxylic acids is 1. The summed E-state index contributed by atoms with van der Waals surface area (Å²) in [4.78, 5) is 43.0. The molecule has 0 aliphatic carbocycles. The number of halogens is 1. The molecule has 10 heteroatoms. The van der Waals surface area contributed by atoms with Crippen LogP contribution in [-0.2, 0) is 9.53 Å². The molecule has 2 aromatic heterocycles. The Bertz CT molecular complexity index is 1790. The zero-order valence-corrected chi connectivity index (χ0v) is 22.7. The van der Waals surface area contributed by atoms with Gasteiger partial charge in [-0.3, -0.25) is 9.36 Å². The molecule has 0 bridgehead atoms. The SMILES string of the molecule is CC1=C(C(=O)OC(C)C)[C@H](c2ccc(Cl)cc2)n2c(s/c(=C\c3ccc(-c4ccc(C(=O)O)cc4)o3)c2=O)=N1. The number of thiazole rings is 1. The van der Waals surface area contributed by atoms with Crippen LogP contribution in [-0.4, -0.2) is 27.7 Å². The summed E-state index contributed by atoms with van der Waals surface area (Å²) in [6.45, 7) is 5.25. The highest BCUT2D eigenvalue weighted by Crippen LogP contribution is 2.31. The summed E-state index contributed by atoms with van der Waals surface area (Å²) in [5.41, 5.74) is 2.00. The molecular formula is C29H23ClN2O6S. The molecule has 5 rings (SSSR count). The molecule has 0 saturated carbocycles. The smallest absolute Gasteiger partial charge is 0.338 e. The van der Waals surface area contributed by atoms with Crippen LogP contribution in [0, 0.1) is 0 Å². The lowest BCUT2D eigenvalue weighted by molar-refractivity contribution is -0.143. The first-order valence-corrected chi connectivity index (χ1v) is 13.2. The molecule has 0 unspecified atom stereocenters. The van der Waals surface area contributed by atoms with Gasteiger partial charge in [-0.25, -0.2) is 14.6 Å². The molecule has 39 heavy (non-hydrogen) atoms. The first kappa shape index (κ1) is 26.4. The minimum atomic E-state index is -1.01. The van der Waals surface area contributed by atoms with Crippen LogP contribution in [0.1, 0.15) is 48.5 Å². The summed E-state index contributed by atoms with van der Waals surface area (Å²) < 4.78 is 13.3. The van der Waals surface area contributed by atoms with Crippen molar-refractivity contribution < 1.29 is 23.8 Å². The highest BCUT2D eigenvalue weighted by molar-refractivity contribution is 7.07. The van der Waals surface area contributed by atoms with Gasteiger partial charge >= 0.3 is 11.9 Å². The van der Waals surface area contributed by atoms with Crippen molar-refractivity contribution in [1.82, 2.24) is 4.57 Å². The maximum absolute atomic E-state index is 13.7. The summed E-state index contributed by atoms with van der Waals surface area (Å²) in [6, 6.07) is 16.0. The number of fused-ring (bicyclic) bond motifs is 1. The fourth-order valence-electron chi connectivity index (χ4n) is 4.31. The molecule has 4 aromatic rings. The molecular weight excluding hydrogens is 540 g/mol. The van der Waals surface area contributed by atoms with Crippen molar-refractivity contribution in [3.63, 3.8) is 0 Å². The number of carboxylic acid groups (broad SMARTS) is 1. The first-order valence-electron chi connectivity index (χ1n) is 12.0. The quantitative estimate of drug-likeness (QED) is 0.338. The van der Waals surface area contributed by atoms with E-state index in [0.29, 0.717) is 42.7 Å². The van der Waals surface area contributed by atoms with E-state index in [9.17, 15) is 14.4 Å². The third kappa shape index (κ3) is 5.23. The zero-order valence-electron chi connectivity index (χ0n) is 21.2. The highest BCUT2D eigenvalue weighted by atomic mass is 35.5. The van der Waals surface area contributed by atoms with Crippen LogP contribution in [0.15, 0.2) is 86.1 Å². The summed E-state index contributed by atoms with van der Waals surface area (Å²) in [5, 5.41) is 9.65. The lowest BCUT2D eigenvalue weighted by atomic mass is 9.96. The lowest BCUT2D eigenvalue weighted by Gasteiger charge is -2.25. The lowest BCUT2D eigenvalue weighted by Crippen LogP contribution is -2.40. The minimum absolute atomic E-state index is 0.175. The van der Waals surface area contributed by atoms with Gasteiger partial charge in [0.1, 0.15) is 11.5 Å². The van der Waals surface area contributed by atoms with Crippen molar-refractivity contribution in [1.29, 1.82) is 0 Å². The third-order valence-electron chi connectivity index (χ3n) is 6.09. The average Bonchev–Trinajstić information content (AvgIpc) is 3.48. The van der Waals surface area contributed by atoms with E-state index in [1.165, 1.54) is 28.0 Å². The van der Waals surface area contributed by atoms with Crippen LogP contribution in [0.4, 0.5) is 0 Å². The van der Waals surface area contributed by atoms with Crippen LogP contribution in [0.25, 0.3) is 17.4 Å².